The van der Waals surface area contributed by atoms with Gasteiger partial charge in [-0.3, -0.25) is 9.59 Å². The van der Waals surface area contributed by atoms with Gasteiger partial charge in [-0.15, -0.1) is 0 Å². The molecule has 0 saturated heterocycles. The predicted molar refractivity (Wildman–Crippen MR) is 114 cm³/mol. The molecule has 0 saturated carbocycles. The summed E-state index contributed by atoms with van der Waals surface area (Å²) in [6, 6.07) is 12.4. The molecule has 12 heteroatoms. The SMILES string of the molecule is NS(=O)(=O)c1ccc(NC(=O)COc2cccc(/C=c3\sc4ncnn4c3=O)c2)cc1. The maximum absolute atomic E-state index is 12.3. The Morgan fingerprint density at radius 1 is 1.23 bits per heavy atom. The molecule has 0 spiro atoms. The van der Waals surface area contributed by atoms with Crippen molar-refractivity contribution in [2.75, 3.05) is 11.9 Å². The molecular weight excluding hydrogens is 442 g/mol. The van der Waals surface area contributed by atoms with Gasteiger partial charge in [-0.2, -0.15) is 9.61 Å². The smallest absolute Gasteiger partial charge is 0.291 e. The third kappa shape index (κ3) is 4.77. The van der Waals surface area contributed by atoms with Crippen molar-refractivity contribution >= 4 is 44.0 Å². The molecule has 0 unspecified atom stereocenters. The lowest BCUT2D eigenvalue weighted by Gasteiger charge is -2.08. The van der Waals surface area contributed by atoms with Crippen LogP contribution in [0.4, 0.5) is 5.69 Å². The Balaban J connectivity index is 1.41. The van der Waals surface area contributed by atoms with Crippen molar-refractivity contribution in [2.45, 2.75) is 4.90 Å². The maximum Gasteiger partial charge on any atom is 0.291 e. The van der Waals surface area contributed by atoms with Gasteiger partial charge in [0.1, 0.15) is 12.1 Å². The molecule has 0 bridgehead atoms. The van der Waals surface area contributed by atoms with Crippen molar-refractivity contribution in [1.29, 1.82) is 0 Å². The van der Waals surface area contributed by atoms with Crippen molar-refractivity contribution in [3.8, 4) is 5.75 Å². The molecule has 4 rings (SSSR count). The van der Waals surface area contributed by atoms with Crippen LogP contribution in [0.15, 0.2) is 64.5 Å². The number of benzene rings is 2. The van der Waals surface area contributed by atoms with E-state index >= 15 is 0 Å². The summed E-state index contributed by atoms with van der Waals surface area (Å²) >= 11 is 1.22. The molecule has 10 nitrogen and oxygen atoms in total. The number of hydrogen-bond acceptors (Lipinski definition) is 8. The average molecular weight is 457 g/mol. The fourth-order valence-electron chi connectivity index (χ4n) is 2.70. The van der Waals surface area contributed by atoms with E-state index in [4.69, 9.17) is 9.88 Å². The number of thiazole rings is 1. The second-order valence-electron chi connectivity index (χ2n) is 6.35. The second kappa shape index (κ2) is 8.26. The van der Waals surface area contributed by atoms with Crippen molar-refractivity contribution < 1.29 is 17.9 Å². The number of hydrogen-bond donors (Lipinski definition) is 2. The van der Waals surface area contributed by atoms with E-state index in [0.717, 1.165) is 5.56 Å². The van der Waals surface area contributed by atoms with Gasteiger partial charge in [-0.05, 0) is 48.0 Å². The minimum Gasteiger partial charge on any atom is -0.484 e. The Kier molecular flexibility index (Phi) is 5.50. The number of amides is 1. The summed E-state index contributed by atoms with van der Waals surface area (Å²) in [6.45, 7) is -0.260. The largest absolute Gasteiger partial charge is 0.484 e. The van der Waals surface area contributed by atoms with Crippen LogP contribution in [-0.2, 0) is 14.8 Å². The molecule has 3 N–H and O–H groups in total. The van der Waals surface area contributed by atoms with Gasteiger partial charge in [0.15, 0.2) is 6.61 Å². The first-order valence-corrected chi connectivity index (χ1v) is 11.2. The Morgan fingerprint density at radius 2 is 2.00 bits per heavy atom. The summed E-state index contributed by atoms with van der Waals surface area (Å²) in [5, 5.41) is 11.5. The Morgan fingerprint density at radius 3 is 2.71 bits per heavy atom. The van der Waals surface area contributed by atoms with Gasteiger partial charge in [0.25, 0.3) is 11.5 Å². The molecule has 2 aromatic heterocycles. The normalized spacial score (nSPS) is 12.2. The summed E-state index contributed by atoms with van der Waals surface area (Å²) in [7, 11) is -3.80. The fourth-order valence-corrected chi connectivity index (χ4v) is 4.09. The van der Waals surface area contributed by atoms with Gasteiger partial charge >= 0.3 is 0 Å². The van der Waals surface area contributed by atoms with Crippen LogP contribution in [0.5, 0.6) is 5.75 Å². The van der Waals surface area contributed by atoms with E-state index in [1.807, 2.05) is 0 Å². The topological polar surface area (TPSA) is 146 Å². The molecule has 1 amide bonds. The molecule has 0 aliphatic heterocycles. The van der Waals surface area contributed by atoms with Crippen LogP contribution in [0, 0.1) is 0 Å². The Hall–Kier alpha value is -3.61. The van der Waals surface area contributed by atoms with Gasteiger partial charge in [0, 0.05) is 5.69 Å². The van der Waals surface area contributed by atoms with Gasteiger partial charge in [-0.25, -0.2) is 18.5 Å². The monoisotopic (exact) mass is 457 g/mol. The van der Waals surface area contributed by atoms with E-state index in [1.54, 1.807) is 30.3 Å². The summed E-state index contributed by atoms with van der Waals surface area (Å²) in [5.41, 5.74) is 0.872. The lowest BCUT2D eigenvalue weighted by atomic mass is 10.2. The summed E-state index contributed by atoms with van der Waals surface area (Å²) < 4.78 is 29.8. The van der Waals surface area contributed by atoms with Crippen LogP contribution in [-0.4, -0.2) is 35.5 Å². The molecule has 0 aliphatic rings. The number of rotatable bonds is 6. The van der Waals surface area contributed by atoms with Crippen molar-refractivity contribution in [3.63, 3.8) is 0 Å². The number of anilines is 1. The lowest BCUT2D eigenvalue weighted by Crippen LogP contribution is -2.23. The Bertz CT molecular complexity index is 1480. The molecule has 0 atom stereocenters. The number of carbonyl (C=O) groups excluding carboxylic acids is 1. The van der Waals surface area contributed by atoms with Crippen molar-refractivity contribution in [3.05, 3.63) is 75.3 Å². The van der Waals surface area contributed by atoms with E-state index in [2.05, 4.69) is 15.4 Å². The van der Waals surface area contributed by atoms with Crippen LogP contribution in [0.1, 0.15) is 5.56 Å². The van der Waals surface area contributed by atoms with Gasteiger partial charge in [-0.1, -0.05) is 23.5 Å². The minimum absolute atomic E-state index is 0.0501. The zero-order valence-corrected chi connectivity index (χ0v) is 17.4. The summed E-state index contributed by atoms with van der Waals surface area (Å²) in [6.07, 6.45) is 3.02. The van der Waals surface area contributed by atoms with E-state index < -0.39 is 15.9 Å². The van der Waals surface area contributed by atoms with Crippen molar-refractivity contribution in [2.24, 2.45) is 5.14 Å². The highest BCUT2D eigenvalue weighted by atomic mass is 32.2. The van der Waals surface area contributed by atoms with E-state index in [1.165, 1.54) is 46.4 Å². The molecule has 2 heterocycles. The van der Waals surface area contributed by atoms with Crippen LogP contribution >= 0.6 is 11.3 Å². The average Bonchev–Trinajstić information content (AvgIpc) is 3.30. The molecule has 31 heavy (non-hydrogen) atoms. The molecule has 2 aromatic carbocycles. The highest BCUT2D eigenvalue weighted by Crippen LogP contribution is 2.15. The van der Waals surface area contributed by atoms with Crippen LogP contribution in [0.2, 0.25) is 0 Å². The summed E-state index contributed by atoms with van der Waals surface area (Å²) in [5.74, 6) is 0.0190. The van der Waals surface area contributed by atoms with Crippen LogP contribution in [0.25, 0.3) is 11.0 Å². The molecule has 4 aromatic rings. The third-order valence-electron chi connectivity index (χ3n) is 4.11. The molecule has 0 radical (unpaired) electrons. The van der Waals surface area contributed by atoms with Crippen LogP contribution in [0.3, 0.4) is 0 Å². The summed E-state index contributed by atoms with van der Waals surface area (Å²) in [4.78, 5) is 28.8. The fraction of sp³-hybridized carbons (Fsp3) is 0.0526. The number of ether oxygens (including phenoxy) is 1. The van der Waals surface area contributed by atoms with Gasteiger partial charge < -0.3 is 10.1 Å². The van der Waals surface area contributed by atoms with E-state index in [-0.39, 0.29) is 17.1 Å². The molecular formula is C19H15N5O5S2. The number of nitrogens with one attached hydrogen (secondary N) is 1. The number of sulfonamides is 1. The standard InChI is InChI=1S/C19H15N5O5S2/c20-31(27,28)15-6-4-13(5-7-15)23-17(25)10-29-14-3-1-2-12(8-14)9-16-18(26)24-19(30-16)21-11-22-24/h1-9,11H,10H2,(H,23,25)(H2,20,27,28)/b16-9-. The van der Waals surface area contributed by atoms with E-state index in [0.29, 0.717) is 20.9 Å². The maximum atomic E-state index is 12.3. The number of carbonyl (C=O) groups is 1. The van der Waals surface area contributed by atoms with Gasteiger partial charge in [0.05, 0.1) is 9.43 Å². The first-order valence-electron chi connectivity index (χ1n) is 8.79. The minimum atomic E-state index is -3.80. The first-order chi connectivity index (χ1) is 14.8. The first kappa shape index (κ1) is 20.7. The number of primary sulfonamides is 1. The van der Waals surface area contributed by atoms with Crippen LogP contribution < -0.4 is 25.3 Å². The van der Waals surface area contributed by atoms with Gasteiger partial charge in [0.2, 0.25) is 15.0 Å². The molecule has 0 fully saturated rings. The quantitative estimate of drug-likeness (QED) is 0.425. The number of nitrogens with zero attached hydrogens (tertiary/aromatic N) is 3. The highest BCUT2D eigenvalue weighted by Gasteiger charge is 2.09. The predicted octanol–water partition coefficient (Wildman–Crippen LogP) is 0.364. The zero-order valence-electron chi connectivity index (χ0n) is 15.8. The molecule has 0 aliphatic carbocycles. The van der Waals surface area contributed by atoms with E-state index in [9.17, 15) is 18.0 Å². The third-order valence-corrected chi connectivity index (χ3v) is 6.02. The highest BCUT2D eigenvalue weighted by molar-refractivity contribution is 7.89. The van der Waals surface area contributed by atoms with Crippen molar-refractivity contribution in [1.82, 2.24) is 14.6 Å². The number of aromatic nitrogens is 3. The number of fused-ring (bicyclic) bond motifs is 1. The second-order valence-corrected chi connectivity index (χ2v) is 8.92. The lowest BCUT2D eigenvalue weighted by molar-refractivity contribution is -0.118. The number of nitrogens with two attached hydrogens (primary N) is 1. The zero-order chi connectivity index (χ0) is 22.0. The Labute approximate surface area is 179 Å². The molecule has 158 valence electrons.